The van der Waals surface area contributed by atoms with Gasteiger partial charge in [-0.2, -0.15) is 0 Å². The summed E-state index contributed by atoms with van der Waals surface area (Å²) in [6.45, 7) is 7.80. The number of hydrogen-bond donors (Lipinski definition) is 2. The number of hydrogen-bond acceptors (Lipinski definition) is 2. The molecule has 17 heavy (non-hydrogen) atoms. The van der Waals surface area contributed by atoms with Crippen LogP contribution in [0, 0.1) is 5.41 Å². The fourth-order valence-electron chi connectivity index (χ4n) is 1.45. The molecule has 0 aliphatic carbocycles. The average molecular weight is 234 g/mol. The monoisotopic (exact) mass is 234 g/mol. The highest BCUT2D eigenvalue weighted by molar-refractivity contribution is 5.95. The van der Waals surface area contributed by atoms with Gasteiger partial charge in [-0.3, -0.25) is 4.79 Å². The van der Waals surface area contributed by atoms with Gasteiger partial charge in [-0.15, -0.1) is 0 Å². The minimum absolute atomic E-state index is 0.0354. The molecular formula is C14H22N2O. The van der Waals surface area contributed by atoms with Crippen molar-refractivity contribution < 1.29 is 4.79 Å². The van der Waals surface area contributed by atoms with E-state index in [9.17, 15) is 4.79 Å². The number of carbonyl (C=O) groups is 1. The van der Waals surface area contributed by atoms with Gasteiger partial charge in [-0.25, -0.2) is 0 Å². The molecule has 94 valence electrons. The zero-order chi connectivity index (χ0) is 13.1. The summed E-state index contributed by atoms with van der Waals surface area (Å²) in [4.78, 5) is 12.0. The maximum atomic E-state index is 12.0. The number of rotatable bonds is 3. The minimum atomic E-state index is -0.379. The number of benzene rings is 1. The highest BCUT2D eigenvalue weighted by Gasteiger charge is 2.22. The van der Waals surface area contributed by atoms with Crippen molar-refractivity contribution >= 4 is 11.6 Å². The molecule has 1 unspecified atom stereocenters. The van der Waals surface area contributed by atoms with Crippen molar-refractivity contribution in [2.45, 2.75) is 33.7 Å². The Morgan fingerprint density at radius 3 is 2.35 bits per heavy atom. The molecule has 1 rings (SSSR count). The second-order valence-electron chi connectivity index (χ2n) is 5.30. The van der Waals surface area contributed by atoms with Crippen LogP contribution in [-0.4, -0.2) is 13.0 Å². The standard InChI is InChI=1S/C14H22N2O/c1-10(15-5)11-8-6-7-9-12(11)16-13(17)14(2,3)4/h6-10,15H,1-5H3,(H,16,17). The molecule has 2 N–H and O–H groups in total. The summed E-state index contributed by atoms with van der Waals surface area (Å²) in [5.74, 6) is 0.0354. The summed E-state index contributed by atoms with van der Waals surface area (Å²) < 4.78 is 0. The van der Waals surface area contributed by atoms with Crippen LogP contribution in [0.4, 0.5) is 5.69 Å². The minimum Gasteiger partial charge on any atom is -0.325 e. The largest absolute Gasteiger partial charge is 0.325 e. The van der Waals surface area contributed by atoms with Gasteiger partial charge in [0.15, 0.2) is 0 Å². The first-order valence-electron chi connectivity index (χ1n) is 5.94. The number of carbonyl (C=O) groups excluding carboxylic acids is 1. The predicted molar refractivity (Wildman–Crippen MR) is 72.0 cm³/mol. The smallest absolute Gasteiger partial charge is 0.229 e. The Morgan fingerprint density at radius 1 is 1.24 bits per heavy atom. The molecule has 0 radical (unpaired) electrons. The first kappa shape index (κ1) is 13.7. The van der Waals surface area contributed by atoms with E-state index in [0.717, 1.165) is 11.3 Å². The van der Waals surface area contributed by atoms with E-state index in [4.69, 9.17) is 0 Å². The predicted octanol–water partition coefficient (Wildman–Crippen LogP) is 2.95. The van der Waals surface area contributed by atoms with E-state index in [2.05, 4.69) is 17.6 Å². The second kappa shape index (κ2) is 5.32. The lowest BCUT2D eigenvalue weighted by Gasteiger charge is -2.21. The Labute approximate surface area is 104 Å². The average Bonchev–Trinajstić information content (AvgIpc) is 2.27. The van der Waals surface area contributed by atoms with Crippen LogP contribution in [0.5, 0.6) is 0 Å². The maximum absolute atomic E-state index is 12.0. The van der Waals surface area contributed by atoms with Crippen molar-refractivity contribution in [3.05, 3.63) is 29.8 Å². The van der Waals surface area contributed by atoms with Crippen LogP contribution in [0.15, 0.2) is 24.3 Å². The zero-order valence-corrected chi connectivity index (χ0v) is 11.3. The summed E-state index contributed by atoms with van der Waals surface area (Å²) in [6, 6.07) is 8.10. The van der Waals surface area contributed by atoms with Crippen molar-refractivity contribution in [2.24, 2.45) is 5.41 Å². The lowest BCUT2D eigenvalue weighted by atomic mass is 9.95. The summed E-state index contributed by atoms with van der Waals surface area (Å²) in [5, 5.41) is 6.17. The van der Waals surface area contributed by atoms with Gasteiger partial charge in [0.1, 0.15) is 0 Å². The molecule has 1 amide bonds. The van der Waals surface area contributed by atoms with Crippen molar-refractivity contribution in [1.29, 1.82) is 0 Å². The van der Waals surface area contributed by atoms with Gasteiger partial charge < -0.3 is 10.6 Å². The first-order valence-corrected chi connectivity index (χ1v) is 5.94. The lowest BCUT2D eigenvalue weighted by molar-refractivity contribution is -0.123. The third kappa shape index (κ3) is 3.56. The Hall–Kier alpha value is -1.35. The maximum Gasteiger partial charge on any atom is 0.229 e. The van der Waals surface area contributed by atoms with Gasteiger partial charge in [0.2, 0.25) is 5.91 Å². The molecule has 0 heterocycles. The van der Waals surface area contributed by atoms with E-state index in [1.807, 2.05) is 52.1 Å². The third-order valence-electron chi connectivity index (χ3n) is 2.79. The highest BCUT2D eigenvalue weighted by Crippen LogP contribution is 2.24. The molecule has 0 aliphatic heterocycles. The van der Waals surface area contributed by atoms with Gasteiger partial charge in [-0.05, 0) is 25.6 Å². The summed E-state index contributed by atoms with van der Waals surface area (Å²) >= 11 is 0. The molecular weight excluding hydrogens is 212 g/mol. The van der Waals surface area contributed by atoms with Crippen molar-refractivity contribution in [2.75, 3.05) is 12.4 Å². The van der Waals surface area contributed by atoms with E-state index in [1.54, 1.807) is 0 Å². The fraction of sp³-hybridized carbons (Fsp3) is 0.500. The fourth-order valence-corrected chi connectivity index (χ4v) is 1.45. The molecule has 3 heteroatoms. The van der Waals surface area contributed by atoms with Crippen molar-refractivity contribution in [3.63, 3.8) is 0 Å². The lowest BCUT2D eigenvalue weighted by Crippen LogP contribution is -2.28. The Balaban J connectivity index is 2.95. The van der Waals surface area contributed by atoms with Gasteiger partial charge in [-0.1, -0.05) is 39.0 Å². The summed E-state index contributed by atoms with van der Waals surface area (Å²) in [5.41, 5.74) is 1.61. The molecule has 0 bridgehead atoms. The SMILES string of the molecule is CNC(C)c1ccccc1NC(=O)C(C)(C)C. The zero-order valence-electron chi connectivity index (χ0n) is 11.3. The Bertz CT molecular complexity index is 393. The van der Waals surface area contributed by atoms with Gasteiger partial charge in [0, 0.05) is 17.1 Å². The molecule has 3 nitrogen and oxygen atoms in total. The van der Waals surface area contributed by atoms with Crippen molar-refractivity contribution in [3.8, 4) is 0 Å². The van der Waals surface area contributed by atoms with Crippen LogP contribution in [0.1, 0.15) is 39.3 Å². The topological polar surface area (TPSA) is 41.1 Å². The van der Waals surface area contributed by atoms with Crippen LogP contribution in [-0.2, 0) is 4.79 Å². The summed E-state index contributed by atoms with van der Waals surface area (Å²) in [7, 11) is 1.91. The van der Waals surface area contributed by atoms with Gasteiger partial charge in [0.25, 0.3) is 0 Å². The van der Waals surface area contributed by atoms with Crippen LogP contribution < -0.4 is 10.6 Å². The van der Waals surface area contributed by atoms with Crippen LogP contribution in [0.3, 0.4) is 0 Å². The number of amides is 1. The third-order valence-corrected chi connectivity index (χ3v) is 2.79. The van der Waals surface area contributed by atoms with Gasteiger partial charge >= 0.3 is 0 Å². The van der Waals surface area contributed by atoms with Crippen LogP contribution >= 0.6 is 0 Å². The highest BCUT2D eigenvalue weighted by atomic mass is 16.2. The molecule has 1 aromatic rings. The van der Waals surface area contributed by atoms with Crippen LogP contribution in [0.25, 0.3) is 0 Å². The Kier molecular flexibility index (Phi) is 4.29. The van der Waals surface area contributed by atoms with E-state index >= 15 is 0 Å². The van der Waals surface area contributed by atoms with Crippen molar-refractivity contribution in [1.82, 2.24) is 5.32 Å². The molecule has 0 spiro atoms. The molecule has 0 aromatic heterocycles. The molecule has 0 aliphatic rings. The summed E-state index contributed by atoms with van der Waals surface area (Å²) in [6.07, 6.45) is 0. The molecule has 1 aromatic carbocycles. The first-order chi connectivity index (χ1) is 7.86. The van der Waals surface area contributed by atoms with E-state index in [-0.39, 0.29) is 17.4 Å². The van der Waals surface area contributed by atoms with E-state index in [0.29, 0.717) is 0 Å². The molecule has 0 saturated carbocycles. The number of anilines is 1. The normalized spacial score (nSPS) is 13.2. The number of nitrogens with one attached hydrogen (secondary N) is 2. The number of para-hydroxylation sites is 1. The second-order valence-corrected chi connectivity index (χ2v) is 5.30. The van der Waals surface area contributed by atoms with Gasteiger partial charge in [0.05, 0.1) is 0 Å². The quantitative estimate of drug-likeness (QED) is 0.844. The van der Waals surface area contributed by atoms with Crippen LogP contribution in [0.2, 0.25) is 0 Å². The molecule has 0 fully saturated rings. The Morgan fingerprint density at radius 2 is 1.82 bits per heavy atom. The molecule has 1 atom stereocenters. The van der Waals surface area contributed by atoms with E-state index in [1.165, 1.54) is 0 Å². The molecule has 0 saturated heterocycles. The van der Waals surface area contributed by atoms with E-state index < -0.39 is 0 Å².